The Kier molecular flexibility index (Phi) is 5.20. The third kappa shape index (κ3) is 6.10. The first-order chi connectivity index (χ1) is 5.06. The fourth-order valence-electron chi connectivity index (χ4n) is 0.506. The highest BCUT2D eigenvalue weighted by Gasteiger charge is 2.00. The molecule has 0 bridgehead atoms. The minimum atomic E-state index is -0.267. The first-order valence-electron chi connectivity index (χ1n) is 3.50. The maximum atomic E-state index is 10.9. The Bertz CT molecular complexity index is 161. The van der Waals surface area contributed by atoms with E-state index in [1.807, 2.05) is 20.8 Å². The zero-order valence-electron chi connectivity index (χ0n) is 7.06. The normalized spacial score (nSPS) is 11.9. The number of carbonyl (C=O) groups is 1. The summed E-state index contributed by atoms with van der Waals surface area (Å²) in [6.45, 7) is 5.53. The third-order valence-electron chi connectivity index (χ3n) is 0.927. The van der Waals surface area contributed by atoms with Crippen LogP contribution in [0.3, 0.4) is 0 Å². The summed E-state index contributed by atoms with van der Waals surface area (Å²) in [5.41, 5.74) is 0.968. The van der Waals surface area contributed by atoms with Crippen LogP contribution in [0.25, 0.3) is 0 Å². The number of carbonyl (C=O) groups excluding carboxylic acids is 1. The molecule has 0 radical (unpaired) electrons. The Morgan fingerprint density at radius 1 is 1.64 bits per heavy atom. The second-order valence-electron chi connectivity index (χ2n) is 2.61. The summed E-state index contributed by atoms with van der Waals surface area (Å²) < 4.78 is 4.89. The molecule has 0 atom stereocenters. The lowest BCUT2D eigenvalue weighted by molar-refractivity contribution is -0.141. The quantitative estimate of drug-likeness (QED) is 0.415. The Morgan fingerprint density at radius 2 is 2.18 bits per heavy atom. The van der Waals surface area contributed by atoms with Crippen molar-refractivity contribution in [3.05, 3.63) is 11.6 Å². The number of halogens is 1. The van der Waals surface area contributed by atoms with Crippen LogP contribution in [0, 0.1) is 0 Å². The van der Waals surface area contributed by atoms with Crippen molar-refractivity contribution in [2.75, 3.05) is 5.33 Å². The Balaban J connectivity index is 3.86. The minimum Gasteiger partial charge on any atom is -0.460 e. The van der Waals surface area contributed by atoms with E-state index in [0.717, 1.165) is 5.57 Å². The number of alkyl halides is 1. The molecule has 0 spiro atoms. The van der Waals surface area contributed by atoms with Gasteiger partial charge in [-0.2, -0.15) is 0 Å². The molecule has 0 saturated heterocycles. The van der Waals surface area contributed by atoms with Gasteiger partial charge in [0.15, 0.2) is 0 Å². The molecule has 64 valence electrons. The summed E-state index contributed by atoms with van der Waals surface area (Å²) in [6.07, 6.45) is 1.45. The van der Waals surface area contributed by atoms with Gasteiger partial charge in [-0.3, -0.25) is 0 Å². The molecule has 11 heavy (non-hydrogen) atoms. The molecule has 0 fully saturated rings. The lowest BCUT2D eigenvalue weighted by Gasteiger charge is -2.04. The average Bonchev–Trinajstić information content (AvgIpc) is 1.85. The molecule has 0 unspecified atom stereocenters. The van der Waals surface area contributed by atoms with E-state index in [4.69, 9.17) is 4.74 Å². The molecular weight excluding hydrogens is 208 g/mol. The molecule has 3 heteroatoms. The summed E-state index contributed by atoms with van der Waals surface area (Å²) >= 11 is 3.23. The van der Waals surface area contributed by atoms with Crippen molar-refractivity contribution in [2.45, 2.75) is 26.9 Å². The van der Waals surface area contributed by atoms with E-state index in [-0.39, 0.29) is 12.1 Å². The fraction of sp³-hybridized carbons (Fsp3) is 0.625. The lowest BCUT2D eigenvalue weighted by Crippen LogP contribution is -2.09. The number of allylic oxidation sites excluding steroid dienone is 1. The summed E-state index contributed by atoms with van der Waals surface area (Å²) in [5, 5.41) is 0.709. The number of rotatable bonds is 3. The molecule has 0 amide bonds. The average molecular weight is 221 g/mol. The van der Waals surface area contributed by atoms with E-state index in [0.29, 0.717) is 5.33 Å². The number of esters is 1. The van der Waals surface area contributed by atoms with Crippen LogP contribution < -0.4 is 0 Å². The molecule has 0 N–H and O–H groups in total. The summed E-state index contributed by atoms with van der Waals surface area (Å²) in [7, 11) is 0. The van der Waals surface area contributed by atoms with Crippen molar-refractivity contribution in [2.24, 2.45) is 0 Å². The molecule has 0 aromatic carbocycles. The van der Waals surface area contributed by atoms with Gasteiger partial charge in [-0.05, 0) is 20.8 Å². The van der Waals surface area contributed by atoms with Crippen molar-refractivity contribution in [3.8, 4) is 0 Å². The molecule has 0 heterocycles. The summed E-state index contributed by atoms with van der Waals surface area (Å²) in [5.74, 6) is -0.267. The Morgan fingerprint density at radius 3 is 2.55 bits per heavy atom. The molecule has 0 aromatic heterocycles. The smallest absolute Gasteiger partial charge is 0.330 e. The second kappa shape index (κ2) is 5.35. The monoisotopic (exact) mass is 220 g/mol. The lowest BCUT2D eigenvalue weighted by atomic mass is 10.3. The third-order valence-corrected chi connectivity index (χ3v) is 1.81. The van der Waals surface area contributed by atoms with Crippen molar-refractivity contribution < 1.29 is 9.53 Å². The van der Waals surface area contributed by atoms with E-state index >= 15 is 0 Å². The second-order valence-corrected chi connectivity index (χ2v) is 3.17. The van der Waals surface area contributed by atoms with Gasteiger partial charge in [0.2, 0.25) is 0 Å². The van der Waals surface area contributed by atoms with Crippen LogP contribution in [0.15, 0.2) is 11.6 Å². The molecule has 0 aliphatic carbocycles. The maximum Gasteiger partial charge on any atom is 0.330 e. The number of ether oxygens (including phenoxy) is 1. The molecule has 0 rings (SSSR count). The van der Waals surface area contributed by atoms with Crippen LogP contribution in [-0.4, -0.2) is 17.4 Å². The maximum absolute atomic E-state index is 10.9. The van der Waals surface area contributed by atoms with Gasteiger partial charge in [-0.1, -0.05) is 21.5 Å². The van der Waals surface area contributed by atoms with E-state index in [9.17, 15) is 4.79 Å². The van der Waals surface area contributed by atoms with Gasteiger partial charge in [0, 0.05) is 11.4 Å². The predicted octanol–water partition coefficient (Wildman–Crippen LogP) is 2.28. The van der Waals surface area contributed by atoms with Crippen LogP contribution >= 0.6 is 15.9 Å². The molecule has 2 nitrogen and oxygen atoms in total. The van der Waals surface area contributed by atoms with Crippen LogP contribution in [-0.2, 0) is 9.53 Å². The van der Waals surface area contributed by atoms with Gasteiger partial charge in [0.05, 0.1) is 6.10 Å². The number of hydrogen-bond donors (Lipinski definition) is 0. The largest absolute Gasteiger partial charge is 0.460 e. The first kappa shape index (κ1) is 10.7. The summed E-state index contributed by atoms with van der Waals surface area (Å²) in [6, 6.07) is 0. The van der Waals surface area contributed by atoms with Crippen LogP contribution in [0.1, 0.15) is 20.8 Å². The van der Waals surface area contributed by atoms with Gasteiger partial charge in [-0.25, -0.2) is 4.79 Å². The highest BCUT2D eigenvalue weighted by atomic mass is 79.9. The van der Waals surface area contributed by atoms with Gasteiger partial charge in [0.25, 0.3) is 0 Å². The molecule has 0 aliphatic rings. The van der Waals surface area contributed by atoms with Crippen molar-refractivity contribution in [1.29, 1.82) is 0 Å². The Labute approximate surface area is 75.7 Å². The zero-order chi connectivity index (χ0) is 8.85. The van der Waals surface area contributed by atoms with Crippen LogP contribution in [0.4, 0.5) is 0 Å². The van der Waals surface area contributed by atoms with Crippen molar-refractivity contribution in [1.82, 2.24) is 0 Å². The van der Waals surface area contributed by atoms with Crippen LogP contribution in [0.2, 0.25) is 0 Å². The van der Waals surface area contributed by atoms with Crippen LogP contribution in [0.5, 0.6) is 0 Å². The SMILES string of the molecule is CC(=CC(=O)OC(C)C)CBr. The summed E-state index contributed by atoms with van der Waals surface area (Å²) in [4.78, 5) is 10.9. The molecule has 0 saturated carbocycles. The highest BCUT2D eigenvalue weighted by molar-refractivity contribution is 9.09. The van der Waals surface area contributed by atoms with Gasteiger partial charge in [-0.15, -0.1) is 0 Å². The van der Waals surface area contributed by atoms with Crippen molar-refractivity contribution >= 4 is 21.9 Å². The first-order valence-corrected chi connectivity index (χ1v) is 4.62. The van der Waals surface area contributed by atoms with Gasteiger partial charge < -0.3 is 4.74 Å². The fourth-order valence-corrected chi connectivity index (χ4v) is 0.668. The molecule has 0 aliphatic heterocycles. The zero-order valence-corrected chi connectivity index (χ0v) is 8.64. The van der Waals surface area contributed by atoms with Crippen molar-refractivity contribution in [3.63, 3.8) is 0 Å². The Hall–Kier alpha value is -0.310. The van der Waals surface area contributed by atoms with Gasteiger partial charge in [0.1, 0.15) is 0 Å². The molecular formula is C8H13BrO2. The highest BCUT2D eigenvalue weighted by Crippen LogP contribution is 1.99. The minimum absolute atomic E-state index is 0.0399. The predicted molar refractivity (Wildman–Crippen MR) is 48.8 cm³/mol. The standard InChI is InChI=1S/C8H13BrO2/c1-6(2)11-8(10)4-7(3)5-9/h4,6H,5H2,1-3H3. The van der Waals surface area contributed by atoms with Gasteiger partial charge >= 0.3 is 5.97 Å². The molecule has 0 aromatic rings. The van der Waals surface area contributed by atoms with E-state index in [2.05, 4.69) is 15.9 Å². The van der Waals surface area contributed by atoms with E-state index in [1.54, 1.807) is 0 Å². The van der Waals surface area contributed by atoms with E-state index in [1.165, 1.54) is 6.08 Å². The topological polar surface area (TPSA) is 26.3 Å². The van der Waals surface area contributed by atoms with E-state index < -0.39 is 0 Å². The number of hydrogen-bond acceptors (Lipinski definition) is 2.